The quantitative estimate of drug-likeness (QED) is 0.339. The molecular formula is C24H20Cl2N4O6S. The van der Waals surface area contributed by atoms with Gasteiger partial charge in [0.05, 0.1) is 41.7 Å². The molecule has 5 rings (SSSR count). The van der Waals surface area contributed by atoms with Gasteiger partial charge in [-0.25, -0.2) is 18.4 Å². The average Bonchev–Trinajstić information content (AvgIpc) is 3.52. The van der Waals surface area contributed by atoms with Gasteiger partial charge in [-0.15, -0.1) is 0 Å². The molecule has 1 saturated heterocycles. The first-order valence-electron chi connectivity index (χ1n) is 11.1. The lowest BCUT2D eigenvalue weighted by atomic mass is 10.2. The van der Waals surface area contributed by atoms with Gasteiger partial charge in [0.15, 0.2) is 5.82 Å². The van der Waals surface area contributed by atoms with Gasteiger partial charge in [0, 0.05) is 28.0 Å². The number of carboxylic acids is 1. The predicted octanol–water partition coefficient (Wildman–Crippen LogP) is 4.17. The Bertz CT molecular complexity index is 1550. The van der Waals surface area contributed by atoms with Crippen molar-refractivity contribution in [1.29, 1.82) is 0 Å². The molecule has 0 aliphatic carbocycles. The Morgan fingerprint density at radius 3 is 2.57 bits per heavy atom. The molecule has 3 heterocycles. The minimum atomic E-state index is -4.29. The monoisotopic (exact) mass is 562 g/mol. The number of rotatable bonds is 8. The maximum atomic E-state index is 13.4. The van der Waals surface area contributed by atoms with Crippen molar-refractivity contribution in [2.45, 2.75) is 17.4 Å². The normalized spacial score (nSPS) is 15.7. The van der Waals surface area contributed by atoms with E-state index in [1.807, 2.05) is 0 Å². The molecule has 0 unspecified atom stereocenters. The first-order chi connectivity index (χ1) is 17.7. The molecule has 0 bridgehead atoms. The van der Waals surface area contributed by atoms with E-state index in [-0.39, 0.29) is 26.7 Å². The number of fused-ring (bicyclic) bond motifs is 1. The lowest BCUT2D eigenvalue weighted by molar-refractivity contribution is -0.135. The zero-order valence-electron chi connectivity index (χ0n) is 19.1. The van der Waals surface area contributed by atoms with E-state index in [0.29, 0.717) is 30.3 Å². The molecule has 4 aromatic rings. The summed E-state index contributed by atoms with van der Waals surface area (Å²) in [7, 11) is -4.29. The molecule has 0 radical (unpaired) electrons. The Labute approximate surface area is 222 Å². The predicted molar refractivity (Wildman–Crippen MR) is 137 cm³/mol. The molecule has 10 nitrogen and oxygen atoms in total. The van der Waals surface area contributed by atoms with Crippen molar-refractivity contribution in [3.05, 3.63) is 71.1 Å². The summed E-state index contributed by atoms with van der Waals surface area (Å²) < 4.78 is 40.4. The number of carbonyl (C=O) groups is 1. The third kappa shape index (κ3) is 5.35. The number of benzene rings is 2. The Kier molecular flexibility index (Phi) is 6.95. The highest BCUT2D eigenvalue weighted by Gasteiger charge is 2.28. The fraction of sp³-hybridized carbons (Fsp3) is 0.208. The summed E-state index contributed by atoms with van der Waals surface area (Å²) in [6, 6.07) is 10.4. The van der Waals surface area contributed by atoms with Crippen LogP contribution in [-0.2, 0) is 19.6 Å². The van der Waals surface area contributed by atoms with Gasteiger partial charge in [0.25, 0.3) is 10.0 Å². The van der Waals surface area contributed by atoms with Gasteiger partial charge < -0.3 is 14.6 Å². The van der Waals surface area contributed by atoms with E-state index >= 15 is 0 Å². The second-order valence-electron chi connectivity index (χ2n) is 8.26. The van der Waals surface area contributed by atoms with Crippen molar-refractivity contribution in [3.63, 3.8) is 0 Å². The van der Waals surface area contributed by atoms with Crippen LogP contribution < -0.4 is 9.04 Å². The maximum absolute atomic E-state index is 13.4. The molecule has 2 aromatic heterocycles. The average molecular weight is 563 g/mol. The third-order valence-corrected chi connectivity index (χ3v) is 7.89. The largest absolute Gasteiger partial charge is 0.480 e. The number of aromatic nitrogens is 3. The van der Waals surface area contributed by atoms with Gasteiger partial charge in [-0.1, -0.05) is 23.2 Å². The van der Waals surface area contributed by atoms with Gasteiger partial charge >= 0.3 is 5.97 Å². The number of hydrogen-bond donors (Lipinski definition) is 1. The Balaban J connectivity index is 1.47. The standard InChI is InChI=1S/C24H20Cl2N4O6S/c25-16-8-17(26)10-20(9-16)37(33,34)30(13-24(31)32)18-1-2-21-15(7-18)3-5-29(21)22-11-28-23(12-27-22)36-19-4-6-35-14-19/h1-3,5,7-12,19H,4,6,13-14H2,(H,31,32)/t19-/m0/s1. The number of anilines is 1. The summed E-state index contributed by atoms with van der Waals surface area (Å²) in [6.07, 6.45) is 5.62. The number of nitrogens with zero attached hydrogens (tertiary/aromatic N) is 4. The molecule has 1 atom stereocenters. The SMILES string of the molecule is O=C(O)CN(c1ccc2c(ccn2-c2cnc(O[C@H]3CCOC3)cn2)c1)S(=O)(=O)c1cc(Cl)cc(Cl)c1. The summed E-state index contributed by atoms with van der Waals surface area (Å²) in [4.78, 5) is 20.1. The van der Waals surface area contributed by atoms with Gasteiger partial charge in [0.2, 0.25) is 5.88 Å². The van der Waals surface area contributed by atoms with E-state index in [4.69, 9.17) is 32.7 Å². The minimum absolute atomic E-state index is 0.0426. The van der Waals surface area contributed by atoms with E-state index in [1.165, 1.54) is 30.5 Å². The summed E-state index contributed by atoms with van der Waals surface area (Å²) in [5.41, 5.74) is 0.881. The van der Waals surface area contributed by atoms with E-state index < -0.39 is 22.5 Å². The van der Waals surface area contributed by atoms with Crippen molar-refractivity contribution in [1.82, 2.24) is 14.5 Å². The molecule has 1 N–H and O–H groups in total. The lowest BCUT2D eigenvalue weighted by Gasteiger charge is -2.23. The molecule has 2 aromatic carbocycles. The highest BCUT2D eigenvalue weighted by Crippen LogP contribution is 2.31. The molecule has 192 valence electrons. The molecule has 0 amide bonds. The van der Waals surface area contributed by atoms with Crippen molar-refractivity contribution in [2.75, 3.05) is 24.1 Å². The Hall–Kier alpha value is -3.38. The minimum Gasteiger partial charge on any atom is -0.480 e. The van der Waals surface area contributed by atoms with Crippen LogP contribution in [0.15, 0.2) is 66.0 Å². The van der Waals surface area contributed by atoms with Crippen LogP contribution in [0.1, 0.15) is 6.42 Å². The van der Waals surface area contributed by atoms with E-state index in [0.717, 1.165) is 16.2 Å². The summed E-state index contributed by atoms with van der Waals surface area (Å²) in [5, 5.41) is 10.3. The fourth-order valence-corrected chi connectivity index (χ4v) is 6.13. The Morgan fingerprint density at radius 2 is 1.92 bits per heavy atom. The van der Waals surface area contributed by atoms with E-state index in [9.17, 15) is 18.3 Å². The van der Waals surface area contributed by atoms with Gasteiger partial charge in [-0.05, 0) is 42.5 Å². The van der Waals surface area contributed by atoms with Crippen LogP contribution in [0.3, 0.4) is 0 Å². The highest BCUT2D eigenvalue weighted by molar-refractivity contribution is 7.92. The van der Waals surface area contributed by atoms with Crippen molar-refractivity contribution < 1.29 is 27.8 Å². The molecule has 13 heteroatoms. The molecule has 1 aliphatic heterocycles. The van der Waals surface area contributed by atoms with Gasteiger partial charge in [-0.3, -0.25) is 13.7 Å². The maximum Gasteiger partial charge on any atom is 0.324 e. The lowest BCUT2D eigenvalue weighted by Crippen LogP contribution is -2.35. The van der Waals surface area contributed by atoms with E-state index in [2.05, 4.69) is 9.97 Å². The number of halogens is 2. The number of aliphatic carboxylic acids is 1. The second kappa shape index (κ2) is 10.2. The summed E-state index contributed by atoms with van der Waals surface area (Å²) in [5.74, 6) is -0.397. The first kappa shape index (κ1) is 25.3. The summed E-state index contributed by atoms with van der Waals surface area (Å²) >= 11 is 12.0. The number of carboxylic acid groups (broad SMARTS) is 1. The van der Waals surface area contributed by atoms with Crippen LogP contribution in [0.2, 0.25) is 10.0 Å². The molecule has 1 fully saturated rings. The van der Waals surface area contributed by atoms with Crippen LogP contribution in [0.4, 0.5) is 5.69 Å². The van der Waals surface area contributed by atoms with Crippen LogP contribution in [0.5, 0.6) is 5.88 Å². The highest BCUT2D eigenvalue weighted by atomic mass is 35.5. The molecule has 0 spiro atoms. The molecule has 37 heavy (non-hydrogen) atoms. The van der Waals surface area contributed by atoms with E-state index in [1.54, 1.807) is 35.2 Å². The smallest absolute Gasteiger partial charge is 0.324 e. The van der Waals surface area contributed by atoms with Crippen molar-refractivity contribution in [2.24, 2.45) is 0 Å². The first-order valence-corrected chi connectivity index (χ1v) is 13.3. The Morgan fingerprint density at radius 1 is 1.14 bits per heavy atom. The number of hydrogen-bond acceptors (Lipinski definition) is 7. The van der Waals surface area contributed by atoms with Crippen LogP contribution in [0.25, 0.3) is 16.7 Å². The van der Waals surface area contributed by atoms with Crippen molar-refractivity contribution >= 4 is 55.8 Å². The van der Waals surface area contributed by atoms with Crippen LogP contribution in [-0.4, -0.2) is 59.9 Å². The number of sulfonamides is 1. The molecular weight excluding hydrogens is 543 g/mol. The second-order valence-corrected chi connectivity index (χ2v) is 11.0. The molecule has 0 saturated carbocycles. The van der Waals surface area contributed by atoms with Crippen LogP contribution in [0, 0.1) is 0 Å². The summed E-state index contributed by atoms with van der Waals surface area (Å²) in [6.45, 7) is 0.385. The topological polar surface area (TPSA) is 124 Å². The van der Waals surface area contributed by atoms with Gasteiger partial charge in [0.1, 0.15) is 12.6 Å². The van der Waals surface area contributed by atoms with Crippen molar-refractivity contribution in [3.8, 4) is 11.7 Å². The third-order valence-electron chi connectivity index (χ3n) is 5.70. The zero-order chi connectivity index (χ0) is 26.2. The van der Waals surface area contributed by atoms with Gasteiger partial charge in [-0.2, -0.15) is 0 Å². The zero-order valence-corrected chi connectivity index (χ0v) is 21.4. The number of ether oxygens (including phenoxy) is 2. The fourth-order valence-electron chi connectivity index (χ4n) is 4.00. The van der Waals surface area contributed by atoms with Crippen LogP contribution >= 0.6 is 23.2 Å². The molecule has 1 aliphatic rings.